The lowest BCUT2D eigenvalue weighted by Gasteiger charge is -1.78. The van der Waals surface area contributed by atoms with E-state index in [1.165, 1.54) is 18.2 Å². The molecule has 0 atom stereocenters. The van der Waals surface area contributed by atoms with Gasteiger partial charge in [0, 0.05) is 0 Å². The van der Waals surface area contributed by atoms with E-state index in [1.54, 1.807) is 0 Å². The smallest absolute Gasteiger partial charge is 0.123 e. The topological polar surface area (TPSA) is 0 Å². The van der Waals surface area contributed by atoms with Crippen LogP contribution in [-0.2, 0) is 0 Å². The molecule has 0 unspecified atom stereocenters. The molecular formula is C6H5F. The van der Waals surface area contributed by atoms with Gasteiger partial charge in [0.2, 0.25) is 0 Å². The van der Waals surface area contributed by atoms with Gasteiger partial charge in [0.1, 0.15) is 5.82 Å². The van der Waals surface area contributed by atoms with Gasteiger partial charge in [0.15, 0.2) is 0 Å². The van der Waals surface area contributed by atoms with Gasteiger partial charge < -0.3 is 0 Å². The van der Waals surface area contributed by atoms with Gasteiger partial charge in [0.25, 0.3) is 0 Å². The van der Waals surface area contributed by atoms with Crippen LogP contribution in [0.2, 0.25) is 0 Å². The van der Waals surface area contributed by atoms with Gasteiger partial charge in [-0.1, -0.05) is 18.2 Å². The van der Waals surface area contributed by atoms with Crippen LogP contribution in [0, 0.1) is 5.82 Å². The molecule has 0 saturated carbocycles. The van der Waals surface area contributed by atoms with Crippen molar-refractivity contribution < 1.29 is 7.13 Å². The third kappa shape index (κ3) is 1.000. The zero-order chi connectivity index (χ0) is 6.85. The largest absolute Gasteiger partial charge is 0.207 e. The molecule has 0 amide bonds. The second kappa shape index (κ2) is 1.73. The summed E-state index contributed by atoms with van der Waals surface area (Å²) in [6.45, 7) is 0. The Morgan fingerprint density at radius 3 is 2.29 bits per heavy atom. The Morgan fingerprint density at radius 2 is 1.86 bits per heavy atom. The highest BCUT2D eigenvalue weighted by Crippen LogP contribution is 1.91. The van der Waals surface area contributed by atoms with Gasteiger partial charge in [-0.25, -0.2) is 4.39 Å². The minimum atomic E-state index is -0.752. The monoisotopic (exact) mass is 98.1 g/mol. The lowest BCUT2D eigenvalue weighted by molar-refractivity contribution is 0.628. The Hall–Kier alpha value is -0.850. The molecule has 0 heterocycles. The average molecular weight is 98.1 g/mol. The summed E-state index contributed by atoms with van der Waals surface area (Å²) >= 11 is 0. The standard InChI is InChI=1S/C6H5F/c7-6-4-2-1-3-5-6/h1-5H/i4D,5D. The van der Waals surface area contributed by atoms with Gasteiger partial charge in [-0.2, -0.15) is 0 Å². The Kier molecular flexibility index (Phi) is 0.609. The molecule has 0 aliphatic carbocycles. The predicted octanol–water partition coefficient (Wildman–Crippen LogP) is 1.83. The minimum Gasteiger partial charge on any atom is -0.207 e. The van der Waals surface area contributed by atoms with E-state index in [1.807, 2.05) is 0 Å². The van der Waals surface area contributed by atoms with E-state index in [-0.39, 0.29) is 12.1 Å². The van der Waals surface area contributed by atoms with E-state index in [9.17, 15) is 4.39 Å². The quantitative estimate of drug-likeness (QED) is 0.464. The first-order valence-electron chi connectivity index (χ1n) is 2.93. The Balaban J connectivity index is 3.25. The molecule has 1 heteroatoms. The first kappa shape index (κ1) is 2.46. The maximum atomic E-state index is 12.4. The highest BCUT2D eigenvalue weighted by Gasteiger charge is 1.77. The summed E-state index contributed by atoms with van der Waals surface area (Å²) in [5.74, 6) is -0.752. The fraction of sp³-hybridized carbons (Fsp3) is 0. The summed E-state index contributed by atoms with van der Waals surface area (Å²) in [5.41, 5.74) is 0. The number of hydrogen-bond donors (Lipinski definition) is 0. The molecule has 1 aromatic rings. The van der Waals surface area contributed by atoms with Gasteiger partial charge >= 0.3 is 0 Å². The number of halogens is 1. The van der Waals surface area contributed by atoms with E-state index in [0.717, 1.165) is 0 Å². The number of hydrogen-bond acceptors (Lipinski definition) is 0. The van der Waals surface area contributed by atoms with Crippen molar-refractivity contribution in [2.24, 2.45) is 0 Å². The highest BCUT2D eigenvalue weighted by molar-refractivity contribution is 5.02. The van der Waals surface area contributed by atoms with E-state index < -0.39 is 5.82 Å². The minimum absolute atomic E-state index is 0.220. The zero-order valence-corrected chi connectivity index (χ0v) is 3.61. The van der Waals surface area contributed by atoms with Crippen LogP contribution in [-0.4, -0.2) is 0 Å². The lowest BCUT2D eigenvalue weighted by atomic mass is 10.4. The van der Waals surface area contributed by atoms with Gasteiger partial charge in [-0.05, 0) is 12.1 Å². The SMILES string of the molecule is [2H]c1cccc([2H])c1F. The van der Waals surface area contributed by atoms with Crippen LogP contribution in [0.1, 0.15) is 2.74 Å². The maximum Gasteiger partial charge on any atom is 0.123 e. The number of benzene rings is 1. The van der Waals surface area contributed by atoms with Crippen molar-refractivity contribution in [2.75, 3.05) is 0 Å². The van der Waals surface area contributed by atoms with Gasteiger partial charge in [-0.3, -0.25) is 0 Å². The summed E-state index contributed by atoms with van der Waals surface area (Å²) in [6.07, 6.45) is 0. The summed E-state index contributed by atoms with van der Waals surface area (Å²) in [5, 5.41) is 0. The summed E-state index contributed by atoms with van der Waals surface area (Å²) < 4.78 is 26.1. The average Bonchev–Trinajstić information content (AvgIpc) is 1.83. The zero-order valence-electron chi connectivity index (χ0n) is 5.61. The second-order valence-electron chi connectivity index (χ2n) is 1.13. The van der Waals surface area contributed by atoms with Crippen LogP contribution >= 0.6 is 0 Å². The summed E-state index contributed by atoms with van der Waals surface area (Å²) in [6, 6.07) is 3.67. The Morgan fingerprint density at radius 1 is 1.29 bits per heavy atom. The van der Waals surface area contributed by atoms with Gasteiger partial charge in [-0.15, -0.1) is 0 Å². The molecule has 0 aromatic heterocycles. The molecule has 0 nitrogen and oxygen atoms in total. The normalized spacial score (nSPS) is 12.7. The van der Waals surface area contributed by atoms with Crippen LogP contribution in [0.15, 0.2) is 30.3 Å². The van der Waals surface area contributed by atoms with Crippen molar-refractivity contribution in [3.63, 3.8) is 0 Å². The maximum absolute atomic E-state index is 12.4. The molecule has 0 fully saturated rings. The van der Waals surface area contributed by atoms with Crippen LogP contribution in [0.25, 0.3) is 0 Å². The molecule has 0 bridgehead atoms. The third-order valence-corrected chi connectivity index (χ3v) is 0.613. The molecule has 7 heavy (non-hydrogen) atoms. The lowest BCUT2D eigenvalue weighted by Crippen LogP contribution is -1.63. The van der Waals surface area contributed by atoms with Crippen molar-refractivity contribution in [2.45, 2.75) is 0 Å². The van der Waals surface area contributed by atoms with E-state index in [2.05, 4.69) is 0 Å². The molecule has 0 spiro atoms. The van der Waals surface area contributed by atoms with Crippen LogP contribution in [0.4, 0.5) is 4.39 Å². The van der Waals surface area contributed by atoms with Crippen molar-refractivity contribution in [3.05, 3.63) is 36.1 Å². The predicted molar refractivity (Wildman–Crippen MR) is 26.4 cm³/mol. The van der Waals surface area contributed by atoms with E-state index >= 15 is 0 Å². The molecule has 36 valence electrons. The van der Waals surface area contributed by atoms with E-state index in [4.69, 9.17) is 2.74 Å². The molecule has 0 aliphatic heterocycles. The van der Waals surface area contributed by atoms with Crippen LogP contribution in [0.5, 0.6) is 0 Å². The molecule has 0 saturated heterocycles. The number of rotatable bonds is 0. The Bertz CT molecular complexity index is 202. The second-order valence-corrected chi connectivity index (χ2v) is 1.13. The molecule has 1 rings (SSSR count). The Labute approximate surface area is 44.4 Å². The van der Waals surface area contributed by atoms with Crippen molar-refractivity contribution >= 4 is 0 Å². The van der Waals surface area contributed by atoms with Crippen LogP contribution < -0.4 is 0 Å². The molecule has 1 aromatic carbocycles. The van der Waals surface area contributed by atoms with Gasteiger partial charge in [0.05, 0.1) is 2.74 Å². The van der Waals surface area contributed by atoms with Crippen molar-refractivity contribution in [1.82, 2.24) is 0 Å². The van der Waals surface area contributed by atoms with Crippen LogP contribution in [0.3, 0.4) is 0 Å². The van der Waals surface area contributed by atoms with Crippen molar-refractivity contribution in [1.29, 1.82) is 0 Å². The first-order chi connectivity index (χ1) is 4.22. The van der Waals surface area contributed by atoms with E-state index in [0.29, 0.717) is 0 Å². The third-order valence-electron chi connectivity index (χ3n) is 0.613. The summed E-state index contributed by atoms with van der Waals surface area (Å²) in [4.78, 5) is 0. The fourth-order valence-corrected chi connectivity index (χ4v) is 0.332. The highest BCUT2D eigenvalue weighted by atomic mass is 19.1. The molecular weight excluding hydrogens is 91.1 g/mol. The first-order valence-corrected chi connectivity index (χ1v) is 1.93. The molecule has 0 aliphatic rings. The van der Waals surface area contributed by atoms with Crippen molar-refractivity contribution in [3.8, 4) is 0 Å². The summed E-state index contributed by atoms with van der Waals surface area (Å²) in [7, 11) is 0. The molecule has 0 radical (unpaired) electrons. The molecule has 0 N–H and O–H groups in total. The fourth-order valence-electron chi connectivity index (χ4n) is 0.332.